The zero-order valence-electron chi connectivity index (χ0n) is 10.8. The van der Waals surface area contributed by atoms with Crippen LogP contribution in [0, 0.1) is 0 Å². The van der Waals surface area contributed by atoms with E-state index in [0.717, 1.165) is 11.1 Å². The number of hydrogen-bond donors (Lipinski definition) is 2. The van der Waals surface area contributed by atoms with Gasteiger partial charge in [-0.1, -0.05) is 44.5 Å². The SMILES string of the molecule is CC(C)(C)c1ccc(CCOP(N)(=O)O)c(Cl)c1. The maximum atomic E-state index is 10.8. The van der Waals surface area contributed by atoms with E-state index in [4.69, 9.17) is 22.0 Å². The van der Waals surface area contributed by atoms with Gasteiger partial charge in [-0.15, -0.1) is 0 Å². The molecule has 0 radical (unpaired) electrons. The Kier molecular flexibility index (Phi) is 4.98. The van der Waals surface area contributed by atoms with Gasteiger partial charge in [0.25, 0.3) is 0 Å². The molecular formula is C12H19ClNO3P. The number of benzene rings is 1. The average Bonchev–Trinajstić information content (AvgIpc) is 2.17. The standard InChI is InChI=1S/C12H19ClNO3P/c1-12(2,3)10-5-4-9(11(13)8-10)6-7-17-18(14,15)16/h4-5,8H,6-7H2,1-3H3,(H3,14,15,16). The van der Waals surface area contributed by atoms with E-state index < -0.39 is 7.75 Å². The molecule has 1 atom stereocenters. The van der Waals surface area contributed by atoms with Crippen molar-refractivity contribution in [3.05, 3.63) is 34.3 Å². The number of hydrogen-bond acceptors (Lipinski definition) is 2. The lowest BCUT2D eigenvalue weighted by molar-refractivity contribution is 0.263. The summed E-state index contributed by atoms with van der Waals surface area (Å²) in [4.78, 5) is 8.79. The molecule has 4 nitrogen and oxygen atoms in total. The summed E-state index contributed by atoms with van der Waals surface area (Å²) >= 11 is 6.17. The van der Waals surface area contributed by atoms with Gasteiger partial charge in [-0.3, -0.25) is 4.52 Å². The normalized spacial score (nSPS) is 15.4. The van der Waals surface area contributed by atoms with Gasteiger partial charge >= 0.3 is 7.75 Å². The summed E-state index contributed by atoms with van der Waals surface area (Å²) in [5.74, 6) is 0. The molecule has 0 aliphatic carbocycles. The summed E-state index contributed by atoms with van der Waals surface area (Å²) in [5.41, 5.74) is 6.93. The Hall–Kier alpha value is -0.380. The van der Waals surface area contributed by atoms with Crippen LogP contribution in [0.25, 0.3) is 0 Å². The van der Waals surface area contributed by atoms with Crippen molar-refractivity contribution in [2.75, 3.05) is 6.61 Å². The summed E-state index contributed by atoms with van der Waals surface area (Å²) in [6.45, 7) is 6.40. The number of nitrogens with two attached hydrogens (primary N) is 1. The van der Waals surface area contributed by atoms with E-state index in [2.05, 4.69) is 25.3 Å². The molecule has 1 rings (SSSR count). The second-order valence-electron chi connectivity index (χ2n) is 5.20. The minimum Gasteiger partial charge on any atom is -0.313 e. The summed E-state index contributed by atoms with van der Waals surface area (Å²) in [5, 5.41) is 0.635. The van der Waals surface area contributed by atoms with Gasteiger partial charge in [0.15, 0.2) is 0 Å². The Labute approximate surface area is 113 Å². The largest absolute Gasteiger partial charge is 0.400 e. The molecule has 0 saturated carbocycles. The molecule has 1 unspecified atom stereocenters. The molecule has 18 heavy (non-hydrogen) atoms. The molecule has 1 aromatic rings. The van der Waals surface area contributed by atoms with Crippen LogP contribution in [-0.4, -0.2) is 11.5 Å². The third-order valence-corrected chi connectivity index (χ3v) is 3.47. The number of rotatable bonds is 4. The van der Waals surface area contributed by atoms with E-state index in [9.17, 15) is 4.57 Å². The molecule has 6 heteroatoms. The van der Waals surface area contributed by atoms with Crippen LogP contribution in [-0.2, 0) is 20.9 Å². The molecule has 0 saturated heterocycles. The van der Waals surface area contributed by atoms with Gasteiger partial charge in [-0.05, 0) is 29.0 Å². The van der Waals surface area contributed by atoms with E-state index >= 15 is 0 Å². The maximum absolute atomic E-state index is 10.8. The van der Waals surface area contributed by atoms with Crippen molar-refractivity contribution in [3.63, 3.8) is 0 Å². The van der Waals surface area contributed by atoms with Crippen molar-refractivity contribution in [3.8, 4) is 0 Å². The van der Waals surface area contributed by atoms with Crippen LogP contribution < -0.4 is 5.50 Å². The second-order valence-corrected chi connectivity index (χ2v) is 7.00. The molecule has 0 amide bonds. The molecule has 0 aromatic heterocycles. The fourth-order valence-corrected chi connectivity index (χ4v) is 2.13. The monoisotopic (exact) mass is 291 g/mol. The highest BCUT2D eigenvalue weighted by Crippen LogP contribution is 2.32. The van der Waals surface area contributed by atoms with Crippen LogP contribution in [0.15, 0.2) is 18.2 Å². The molecule has 1 aromatic carbocycles. The predicted octanol–water partition coefficient (Wildman–Crippen LogP) is 3.26. The smallest absolute Gasteiger partial charge is 0.313 e. The summed E-state index contributed by atoms with van der Waals surface area (Å²) < 4.78 is 15.4. The van der Waals surface area contributed by atoms with Gasteiger partial charge in [-0.2, -0.15) is 0 Å². The molecular weight excluding hydrogens is 273 g/mol. The Morgan fingerprint density at radius 1 is 1.44 bits per heavy atom. The highest BCUT2D eigenvalue weighted by atomic mass is 35.5. The first-order valence-corrected chi connectivity index (χ1v) is 7.67. The Morgan fingerprint density at radius 3 is 2.50 bits per heavy atom. The van der Waals surface area contributed by atoms with Crippen LogP contribution >= 0.6 is 19.3 Å². The molecule has 0 spiro atoms. The van der Waals surface area contributed by atoms with Crippen LogP contribution in [0.5, 0.6) is 0 Å². The zero-order chi connectivity index (χ0) is 14.0. The van der Waals surface area contributed by atoms with Crippen molar-refractivity contribution >= 4 is 19.3 Å². The lowest BCUT2D eigenvalue weighted by Crippen LogP contribution is -2.11. The molecule has 102 valence electrons. The summed E-state index contributed by atoms with van der Waals surface area (Å²) in [6, 6.07) is 5.82. The van der Waals surface area contributed by atoms with Crippen molar-refractivity contribution in [2.45, 2.75) is 32.6 Å². The van der Waals surface area contributed by atoms with Gasteiger partial charge in [0, 0.05) is 5.02 Å². The Balaban J connectivity index is 2.72. The highest BCUT2D eigenvalue weighted by molar-refractivity contribution is 7.50. The van der Waals surface area contributed by atoms with E-state index in [1.165, 1.54) is 0 Å². The van der Waals surface area contributed by atoms with Crippen molar-refractivity contribution < 1.29 is 14.0 Å². The molecule has 0 aliphatic heterocycles. The van der Waals surface area contributed by atoms with Crippen molar-refractivity contribution in [2.24, 2.45) is 5.50 Å². The second kappa shape index (κ2) is 5.72. The molecule has 0 fully saturated rings. The van der Waals surface area contributed by atoms with Crippen molar-refractivity contribution in [1.29, 1.82) is 0 Å². The molecule has 0 bridgehead atoms. The van der Waals surface area contributed by atoms with Crippen molar-refractivity contribution in [1.82, 2.24) is 0 Å². The lowest BCUT2D eigenvalue weighted by Gasteiger charge is -2.20. The average molecular weight is 292 g/mol. The van der Waals surface area contributed by atoms with Gasteiger partial charge in [0.2, 0.25) is 0 Å². The highest BCUT2D eigenvalue weighted by Gasteiger charge is 2.15. The Bertz CT molecular complexity index is 465. The molecule has 0 aliphatic rings. The van der Waals surface area contributed by atoms with Crippen LogP contribution in [0.1, 0.15) is 31.9 Å². The fraction of sp³-hybridized carbons (Fsp3) is 0.500. The van der Waals surface area contributed by atoms with E-state index in [1.807, 2.05) is 18.2 Å². The number of halogens is 1. The summed E-state index contributed by atoms with van der Waals surface area (Å²) in [6.07, 6.45) is 0.449. The first-order chi connectivity index (χ1) is 8.09. The van der Waals surface area contributed by atoms with Gasteiger partial charge in [0.1, 0.15) is 0 Å². The van der Waals surface area contributed by atoms with Crippen LogP contribution in [0.3, 0.4) is 0 Å². The molecule has 3 N–H and O–H groups in total. The fourth-order valence-electron chi connectivity index (χ4n) is 1.50. The van der Waals surface area contributed by atoms with Gasteiger partial charge < -0.3 is 4.89 Å². The minimum atomic E-state index is -3.90. The molecule has 0 heterocycles. The quantitative estimate of drug-likeness (QED) is 0.835. The first-order valence-electron chi connectivity index (χ1n) is 5.64. The summed E-state index contributed by atoms with van der Waals surface area (Å²) in [7, 11) is -3.90. The van der Waals surface area contributed by atoms with Gasteiger partial charge in [-0.25, -0.2) is 10.1 Å². The predicted molar refractivity (Wildman–Crippen MR) is 73.8 cm³/mol. The third kappa shape index (κ3) is 5.09. The van der Waals surface area contributed by atoms with Crippen LogP contribution in [0.4, 0.5) is 0 Å². The zero-order valence-corrected chi connectivity index (χ0v) is 12.5. The maximum Gasteiger partial charge on any atom is 0.400 e. The lowest BCUT2D eigenvalue weighted by atomic mass is 9.86. The first kappa shape index (κ1) is 15.7. The van der Waals surface area contributed by atoms with E-state index in [0.29, 0.717) is 11.4 Å². The van der Waals surface area contributed by atoms with Gasteiger partial charge in [0.05, 0.1) is 6.61 Å². The topological polar surface area (TPSA) is 72.5 Å². The van der Waals surface area contributed by atoms with E-state index in [-0.39, 0.29) is 12.0 Å². The minimum absolute atomic E-state index is 0.0384. The van der Waals surface area contributed by atoms with E-state index in [1.54, 1.807) is 0 Å². The third-order valence-electron chi connectivity index (χ3n) is 2.57. The Morgan fingerprint density at radius 2 is 2.06 bits per heavy atom. The van der Waals surface area contributed by atoms with Crippen LogP contribution in [0.2, 0.25) is 5.02 Å².